The Morgan fingerprint density at radius 1 is 1.20 bits per heavy atom. The molecule has 9 heteroatoms. The molecule has 9 nitrogen and oxygen atoms in total. The summed E-state index contributed by atoms with van der Waals surface area (Å²) in [4.78, 5) is 35.3. The number of nitro benzene ring substituents is 1. The van der Waals surface area contributed by atoms with Gasteiger partial charge in [0, 0.05) is 35.4 Å². The van der Waals surface area contributed by atoms with Crippen LogP contribution >= 0.6 is 0 Å². The molecule has 1 N–H and O–H groups in total. The van der Waals surface area contributed by atoms with Crippen LogP contribution in [0, 0.1) is 10.1 Å². The number of nitro groups is 1. The van der Waals surface area contributed by atoms with E-state index >= 15 is 0 Å². The summed E-state index contributed by atoms with van der Waals surface area (Å²) < 4.78 is 16.3. The molecule has 0 saturated carbocycles. The average molecular weight is 412 g/mol. The lowest BCUT2D eigenvalue weighted by atomic mass is 10.1. The smallest absolute Gasteiger partial charge is 0.375 e. The third-order valence-corrected chi connectivity index (χ3v) is 4.31. The van der Waals surface area contributed by atoms with E-state index in [0.717, 1.165) is 5.39 Å². The third kappa shape index (κ3) is 4.64. The first kappa shape index (κ1) is 21.0. The molecule has 0 aliphatic rings. The molecule has 30 heavy (non-hydrogen) atoms. The molecule has 2 aromatic carbocycles. The fraction of sp³-hybridized carbons (Fsp3) is 0.238. The summed E-state index contributed by atoms with van der Waals surface area (Å²) >= 11 is 0. The van der Waals surface area contributed by atoms with E-state index in [1.54, 1.807) is 12.1 Å². The van der Waals surface area contributed by atoms with E-state index in [4.69, 9.17) is 13.9 Å². The van der Waals surface area contributed by atoms with Gasteiger partial charge in [-0.25, -0.2) is 4.79 Å². The molecular weight excluding hydrogens is 392 g/mol. The standard InChI is InChI=1S/C21H20N2O7/c1-3-28-12-17-16-9-4-5-10-18(16)30-19(17)21(25)29-13(2)20(24)22-14-7-6-8-15(11-14)23(26)27/h4-11,13H,3,12H2,1-2H3,(H,22,24)/t13-/m1/s1. The second-order valence-electron chi connectivity index (χ2n) is 6.39. The first-order valence-corrected chi connectivity index (χ1v) is 9.25. The lowest BCUT2D eigenvalue weighted by Gasteiger charge is -2.13. The Bertz CT molecular complexity index is 1090. The maximum absolute atomic E-state index is 12.7. The number of amides is 1. The van der Waals surface area contributed by atoms with Crippen molar-refractivity contribution in [1.82, 2.24) is 0 Å². The maximum atomic E-state index is 12.7. The average Bonchev–Trinajstić information content (AvgIpc) is 3.11. The highest BCUT2D eigenvalue weighted by molar-refractivity contribution is 5.99. The van der Waals surface area contributed by atoms with Crippen LogP contribution in [0.3, 0.4) is 0 Å². The Hall–Kier alpha value is -3.72. The van der Waals surface area contributed by atoms with Gasteiger partial charge in [-0.05, 0) is 26.0 Å². The minimum atomic E-state index is -1.16. The van der Waals surface area contributed by atoms with Crippen LogP contribution in [0.25, 0.3) is 11.0 Å². The van der Waals surface area contributed by atoms with E-state index in [0.29, 0.717) is 17.8 Å². The fourth-order valence-electron chi connectivity index (χ4n) is 2.82. The fourth-order valence-corrected chi connectivity index (χ4v) is 2.82. The predicted molar refractivity (Wildman–Crippen MR) is 108 cm³/mol. The minimum absolute atomic E-state index is 0.0281. The van der Waals surface area contributed by atoms with Gasteiger partial charge >= 0.3 is 5.97 Å². The number of benzene rings is 2. The zero-order valence-corrected chi connectivity index (χ0v) is 16.4. The number of para-hydroxylation sites is 1. The summed E-state index contributed by atoms with van der Waals surface area (Å²) in [5.74, 6) is -1.46. The molecule has 1 atom stereocenters. The van der Waals surface area contributed by atoms with Gasteiger partial charge < -0.3 is 19.2 Å². The first-order chi connectivity index (χ1) is 14.4. The van der Waals surface area contributed by atoms with Crippen molar-refractivity contribution in [3.05, 3.63) is 70.0 Å². The number of hydrogen-bond acceptors (Lipinski definition) is 7. The Labute approximate surface area is 171 Å². The van der Waals surface area contributed by atoms with E-state index in [9.17, 15) is 19.7 Å². The maximum Gasteiger partial charge on any atom is 0.375 e. The van der Waals surface area contributed by atoms with E-state index in [-0.39, 0.29) is 23.7 Å². The van der Waals surface area contributed by atoms with Gasteiger partial charge in [0.15, 0.2) is 6.10 Å². The number of non-ortho nitro benzene ring substituents is 1. The van der Waals surface area contributed by atoms with Gasteiger partial charge in [0.1, 0.15) is 5.58 Å². The van der Waals surface area contributed by atoms with Gasteiger partial charge in [-0.1, -0.05) is 24.3 Å². The number of carbonyl (C=O) groups excluding carboxylic acids is 2. The molecule has 1 aromatic heterocycles. The monoisotopic (exact) mass is 412 g/mol. The van der Waals surface area contributed by atoms with Crippen molar-refractivity contribution in [2.45, 2.75) is 26.6 Å². The Balaban J connectivity index is 1.74. The number of fused-ring (bicyclic) bond motifs is 1. The number of anilines is 1. The number of carbonyl (C=O) groups is 2. The first-order valence-electron chi connectivity index (χ1n) is 9.25. The van der Waals surface area contributed by atoms with Crippen molar-refractivity contribution in [2.24, 2.45) is 0 Å². The topological polar surface area (TPSA) is 121 Å². The lowest BCUT2D eigenvalue weighted by Crippen LogP contribution is -2.30. The van der Waals surface area contributed by atoms with Crippen LogP contribution in [0.15, 0.2) is 52.9 Å². The molecule has 3 aromatic rings. The Kier molecular flexibility index (Phi) is 6.43. The molecule has 0 unspecified atom stereocenters. The molecule has 3 rings (SSSR count). The van der Waals surface area contributed by atoms with Crippen molar-refractivity contribution in [1.29, 1.82) is 0 Å². The van der Waals surface area contributed by atoms with Crippen LogP contribution in [0.2, 0.25) is 0 Å². The van der Waals surface area contributed by atoms with Crippen molar-refractivity contribution in [2.75, 3.05) is 11.9 Å². The Morgan fingerprint density at radius 3 is 2.70 bits per heavy atom. The van der Waals surface area contributed by atoms with Crippen molar-refractivity contribution < 1.29 is 28.4 Å². The Morgan fingerprint density at radius 2 is 1.97 bits per heavy atom. The molecule has 1 amide bonds. The zero-order valence-electron chi connectivity index (χ0n) is 16.4. The molecule has 1 heterocycles. The van der Waals surface area contributed by atoms with Gasteiger partial charge in [0.05, 0.1) is 11.5 Å². The van der Waals surface area contributed by atoms with Crippen molar-refractivity contribution >= 4 is 34.2 Å². The molecular formula is C21H20N2O7. The van der Waals surface area contributed by atoms with Crippen LogP contribution in [0.4, 0.5) is 11.4 Å². The van der Waals surface area contributed by atoms with Gasteiger partial charge in [-0.3, -0.25) is 14.9 Å². The van der Waals surface area contributed by atoms with Gasteiger partial charge in [-0.15, -0.1) is 0 Å². The second-order valence-corrected chi connectivity index (χ2v) is 6.39. The summed E-state index contributed by atoms with van der Waals surface area (Å²) in [6.45, 7) is 3.85. The van der Waals surface area contributed by atoms with Crippen LogP contribution in [0.1, 0.15) is 30.0 Å². The third-order valence-electron chi connectivity index (χ3n) is 4.31. The van der Waals surface area contributed by atoms with Crippen molar-refractivity contribution in [3.8, 4) is 0 Å². The number of esters is 1. The molecule has 0 spiro atoms. The van der Waals surface area contributed by atoms with Crippen LogP contribution in [-0.4, -0.2) is 29.5 Å². The largest absolute Gasteiger partial charge is 0.449 e. The summed E-state index contributed by atoms with van der Waals surface area (Å²) in [7, 11) is 0. The molecule has 0 bridgehead atoms. The number of nitrogens with zero attached hydrogens (tertiary/aromatic N) is 1. The molecule has 156 valence electrons. The van der Waals surface area contributed by atoms with Gasteiger partial charge in [0.2, 0.25) is 5.76 Å². The quantitative estimate of drug-likeness (QED) is 0.336. The minimum Gasteiger partial charge on any atom is -0.449 e. The second kappa shape index (κ2) is 9.19. The highest BCUT2D eigenvalue weighted by atomic mass is 16.6. The highest BCUT2D eigenvalue weighted by Gasteiger charge is 2.26. The zero-order chi connectivity index (χ0) is 21.7. The summed E-state index contributed by atoms with van der Waals surface area (Å²) in [6, 6.07) is 12.6. The normalized spacial score (nSPS) is 11.8. The van der Waals surface area contributed by atoms with Crippen LogP contribution in [0.5, 0.6) is 0 Å². The van der Waals surface area contributed by atoms with E-state index in [1.807, 2.05) is 19.1 Å². The van der Waals surface area contributed by atoms with E-state index in [2.05, 4.69) is 5.32 Å². The summed E-state index contributed by atoms with van der Waals surface area (Å²) in [6.07, 6.45) is -1.16. The predicted octanol–water partition coefficient (Wildman–Crippen LogP) is 4.06. The van der Waals surface area contributed by atoms with Crippen LogP contribution in [-0.2, 0) is 20.9 Å². The number of furan rings is 1. The summed E-state index contributed by atoms with van der Waals surface area (Å²) in [5.41, 5.74) is 1.11. The molecule has 0 aliphatic heterocycles. The molecule has 0 aliphatic carbocycles. The number of ether oxygens (including phenoxy) is 2. The highest BCUT2D eigenvalue weighted by Crippen LogP contribution is 2.27. The molecule has 0 saturated heterocycles. The molecule has 0 fully saturated rings. The summed E-state index contributed by atoms with van der Waals surface area (Å²) in [5, 5.41) is 14.1. The lowest BCUT2D eigenvalue weighted by molar-refractivity contribution is -0.384. The van der Waals surface area contributed by atoms with Crippen LogP contribution < -0.4 is 5.32 Å². The van der Waals surface area contributed by atoms with E-state index in [1.165, 1.54) is 31.2 Å². The van der Waals surface area contributed by atoms with Crippen molar-refractivity contribution in [3.63, 3.8) is 0 Å². The number of rotatable bonds is 8. The number of nitrogens with one attached hydrogen (secondary N) is 1. The molecule has 0 radical (unpaired) electrons. The number of hydrogen-bond donors (Lipinski definition) is 1. The van der Waals surface area contributed by atoms with E-state index < -0.39 is 22.9 Å². The van der Waals surface area contributed by atoms with Gasteiger partial charge in [0.25, 0.3) is 11.6 Å². The SMILES string of the molecule is CCOCc1c(C(=O)O[C@H](C)C(=O)Nc2cccc([N+](=O)[O-])c2)oc2ccccc12. The van der Waals surface area contributed by atoms with Gasteiger partial charge in [-0.2, -0.15) is 0 Å².